The number of hydrogen-bond donors (Lipinski definition) is 2. The molecule has 3 aromatic heterocycles. The Kier molecular flexibility index (Phi) is 5.25. The van der Waals surface area contributed by atoms with Gasteiger partial charge in [0.1, 0.15) is 34.4 Å². The van der Waals surface area contributed by atoms with Crippen LogP contribution in [0.25, 0.3) is 16.8 Å². The molecule has 2 N–H and O–H groups in total. The maximum absolute atomic E-state index is 12.4. The van der Waals surface area contributed by atoms with Crippen LogP contribution in [0.1, 0.15) is 22.0 Å². The van der Waals surface area contributed by atoms with Crippen LogP contribution in [0.5, 0.6) is 0 Å². The van der Waals surface area contributed by atoms with E-state index < -0.39 is 11.5 Å². The fourth-order valence-corrected chi connectivity index (χ4v) is 3.07. The molecule has 0 bridgehead atoms. The number of nitrogens with one attached hydrogen (secondary N) is 2. The Morgan fingerprint density at radius 1 is 1.13 bits per heavy atom. The summed E-state index contributed by atoms with van der Waals surface area (Å²) in [5, 5.41) is 6.57. The van der Waals surface area contributed by atoms with E-state index >= 15 is 0 Å². The summed E-state index contributed by atoms with van der Waals surface area (Å²) in [5.41, 5.74) is -0.237. The minimum absolute atomic E-state index is 0.0237. The van der Waals surface area contributed by atoms with Crippen LogP contribution in [-0.4, -0.2) is 38.5 Å². The fourth-order valence-electron chi connectivity index (χ4n) is 3.07. The Morgan fingerprint density at radius 3 is 2.77 bits per heavy atom. The van der Waals surface area contributed by atoms with Crippen LogP contribution in [0.2, 0.25) is 0 Å². The quantitative estimate of drug-likeness (QED) is 0.374. The summed E-state index contributed by atoms with van der Waals surface area (Å²) in [6, 6.07) is 10.4. The molecule has 0 spiro atoms. The highest BCUT2D eigenvalue weighted by molar-refractivity contribution is 5.96. The number of rotatable bonds is 6. The molecule has 0 fully saturated rings. The van der Waals surface area contributed by atoms with E-state index in [9.17, 15) is 9.59 Å². The minimum Gasteiger partial charge on any atom is -0.422 e. The third-order valence-electron chi connectivity index (χ3n) is 4.50. The normalized spacial score (nSPS) is 10.9. The lowest BCUT2D eigenvalue weighted by molar-refractivity contribution is 0.0951. The van der Waals surface area contributed by atoms with Gasteiger partial charge in [0.15, 0.2) is 0 Å². The molecule has 0 saturated carbocycles. The standard InChI is InChI=1S/C21H20N6O3/c1-13-25-18(12-19(26-13)27-10-9-22-14(27)2)23-7-8-24-20(28)16-11-15-5-3-4-6-17(15)30-21(16)29/h3-6,9-12H,7-8H2,1-2H3,(H,24,28)(H,23,25,26). The zero-order valence-electron chi connectivity index (χ0n) is 16.5. The number of amides is 1. The van der Waals surface area contributed by atoms with Gasteiger partial charge in [-0.15, -0.1) is 0 Å². The summed E-state index contributed by atoms with van der Waals surface area (Å²) in [7, 11) is 0. The van der Waals surface area contributed by atoms with E-state index in [1.807, 2.05) is 36.7 Å². The Bertz CT molecular complexity index is 1280. The summed E-state index contributed by atoms with van der Waals surface area (Å²) in [6.45, 7) is 4.42. The van der Waals surface area contributed by atoms with E-state index in [1.165, 1.54) is 6.07 Å². The van der Waals surface area contributed by atoms with E-state index in [2.05, 4.69) is 25.6 Å². The van der Waals surface area contributed by atoms with Crippen molar-refractivity contribution in [1.29, 1.82) is 0 Å². The van der Waals surface area contributed by atoms with Gasteiger partial charge in [-0.2, -0.15) is 0 Å². The topological polar surface area (TPSA) is 115 Å². The van der Waals surface area contributed by atoms with Crippen molar-refractivity contribution in [3.05, 3.63) is 76.4 Å². The second-order valence-corrected chi connectivity index (χ2v) is 6.67. The monoisotopic (exact) mass is 404 g/mol. The first kappa shape index (κ1) is 19.3. The molecule has 4 aromatic rings. The van der Waals surface area contributed by atoms with Crippen molar-refractivity contribution in [1.82, 2.24) is 24.8 Å². The molecule has 0 radical (unpaired) electrons. The van der Waals surface area contributed by atoms with Crippen molar-refractivity contribution < 1.29 is 9.21 Å². The molecule has 4 rings (SSSR count). The molecule has 0 saturated heterocycles. The van der Waals surface area contributed by atoms with Gasteiger partial charge < -0.3 is 15.1 Å². The average Bonchev–Trinajstić information content (AvgIpc) is 3.16. The molecule has 0 atom stereocenters. The molecule has 0 unspecified atom stereocenters. The Labute approximate surface area is 171 Å². The molecule has 30 heavy (non-hydrogen) atoms. The van der Waals surface area contributed by atoms with Gasteiger partial charge in [0.05, 0.1) is 0 Å². The zero-order valence-corrected chi connectivity index (χ0v) is 16.5. The van der Waals surface area contributed by atoms with Gasteiger partial charge in [-0.1, -0.05) is 18.2 Å². The van der Waals surface area contributed by atoms with Crippen LogP contribution in [0, 0.1) is 13.8 Å². The molecule has 0 aliphatic heterocycles. The van der Waals surface area contributed by atoms with E-state index in [-0.39, 0.29) is 5.56 Å². The molecule has 9 nitrogen and oxygen atoms in total. The molecular weight excluding hydrogens is 384 g/mol. The van der Waals surface area contributed by atoms with Gasteiger partial charge in [0.2, 0.25) is 0 Å². The smallest absolute Gasteiger partial charge is 0.349 e. The van der Waals surface area contributed by atoms with Crippen LogP contribution >= 0.6 is 0 Å². The number of aromatic nitrogens is 4. The van der Waals surface area contributed by atoms with E-state index in [1.54, 1.807) is 24.4 Å². The summed E-state index contributed by atoms with van der Waals surface area (Å²) in [6.07, 6.45) is 3.54. The number of imidazole rings is 1. The number of carbonyl (C=O) groups excluding carboxylic acids is 1. The highest BCUT2D eigenvalue weighted by atomic mass is 16.4. The van der Waals surface area contributed by atoms with Crippen molar-refractivity contribution in [3.63, 3.8) is 0 Å². The maximum atomic E-state index is 12.4. The van der Waals surface area contributed by atoms with Crippen LogP contribution in [-0.2, 0) is 0 Å². The van der Waals surface area contributed by atoms with Gasteiger partial charge in [0.25, 0.3) is 5.91 Å². The Hall–Kier alpha value is -4.01. The summed E-state index contributed by atoms with van der Waals surface area (Å²) >= 11 is 0. The Morgan fingerprint density at radius 2 is 1.97 bits per heavy atom. The van der Waals surface area contributed by atoms with Crippen LogP contribution in [0.15, 0.2) is 58.0 Å². The van der Waals surface area contributed by atoms with Gasteiger partial charge in [-0.25, -0.2) is 19.7 Å². The lowest BCUT2D eigenvalue weighted by Crippen LogP contribution is -2.32. The fraction of sp³-hybridized carbons (Fsp3) is 0.190. The molecular formula is C21H20N6O3. The van der Waals surface area contributed by atoms with Crippen LogP contribution < -0.4 is 16.3 Å². The van der Waals surface area contributed by atoms with Gasteiger partial charge in [-0.3, -0.25) is 9.36 Å². The molecule has 1 aromatic carbocycles. The highest BCUT2D eigenvalue weighted by Crippen LogP contribution is 2.13. The number of fused-ring (bicyclic) bond motifs is 1. The lowest BCUT2D eigenvalue weighted by Gasteiger charge is -2.10. The van der Waals surface area contributed by atoms with Crippen molar-refractivity contribution in [2.45, 2.75) is 13.8 Å². The number of hydrogen-bond acceptors (Lipinski definition) is 7. The van der Waals surface area contributed by atoms with E-state index in [4.69, 9.17) is 4.42 Å². The number of nitrogens with zero attached hydrogens (tertiary/aromatic N) is 4. The van der Waals surface area contributed by atoms with Gasteiger partial charge in [-0.05, 0) is 26.0 Å². The van der Waals surface area contributed by atoms with Crippen LogP contribution in [0.4, 0.5) is 5.82 Å². The Balaban J connectivity index is 1.39. The number of benzene rings is 1. The predicted molar refractivity (Wildman–Crippen MR) is 112 cm³/mol. The number of anilines is 1. The maximum Gasteiger partial charge on any atom is 0.349 e. The second-order valence-electron chi connectivity index (χ2n) is 6.67. The van der Waals surface area contributed by atoms with Crippen molar-refractivity contribution >= 4 is 22.7 Å². The third-order valence-corrected chi connectivity index (χ3v) is 4.50. The SMILES string of the molecule is Cc1nc(NCCNC(=O)c2cc3ccccc3oc2=O)cc(-n2ccnc2C)n1. The first-order chi connectivity index (χ1) is 14.5. The summed E-state index contributed by atoms with van der Waals surface area (Å²) < 4.78 is 7.07. The molecule has 152 valence electrons. The van der Waals surface area contributed by atoms with Crippen LogP contribution in [0.3, 0.4) is 0 Å². The second kappa shape index (κ2) is 8.16. The molecule has 0 aliphatic rings. The summed E-state index contributed by atoms with van der Waals surface area (Å²) in [5.74, 6) is 2.29. The number of para-hydroxylation sites is 1. The molecule has 3 heterocycles. The zero-order chi connectivity index (χ0) is 21.1. The average molecular weight is 404 g/mol. The first-order valence-electron chi connectivity index (χ1n) is 9.42. The molecule has 0 aliphatic carbocycles. The third kappa shape index (κ3) is 4.04. The van der Waals surface area contributed by atoms with Gasteiger partial charge in [0, 0.05) is 36.9 Å². The molecule has 1 amide bonds. The number of carbonyl (C=O) groups is 1. The highest BCUT2D eigenvalue weighted by Gasteiger charge is 2.13. The number of aryl methyl sites for hydroxylation is 2. The predicted octanol–water partition coefficient (Wildman–Crippen LogP) is 2.23. The lowest BCUT2D eigenvalue weighted by atomic mass is 10.2. The van der Waals surface area contributed by atoms with E-state index in [0.717, 1.165) is 5.82 Å². The van der Waals surface area contributed by atoms with Crippen molar-refractivity contribution in [2.24, 2.45) is 0 Å². The van der Waals surface area contributed by atoms with Crippen molar-refractivity contribution in [3.8, 4) is 5.82 Å². The largest absolute Gasteiger partial charge is 0.422 e. The van der Waals surface area contributed by atoms with E-state index in [0.29, 0.717) is 41.5 Å². The van der Waals surface area contributed by atoms with Gasteiger partial charge >= 0.3 is 5.63 Å². The minimum atomic E-state index is -0.661. The van der Waals surface area contributed by atoms with Crippen molar-refractivity contribution in [2.75, 3.05) is 18.4 Å². The summed E-state index contributed by atoms with van der Waals surface area (Å²) in [4.78, 5) is 37.5. The first-order valence-corrected chi connectivity index (χ1v) is 9.42. The molecule has 9 heteroatoms.